The van der Waals surface area contributed by atoms with Crippen LogP contribution in [0.4, 0.5) is 5.69 Å². The molecule has 4 rings (SSSR count). The Labute approximate surface area is 170 Å². The number of methoxy groups -OCH3 is 1. The van der Waals surface area contributed by atoms with E-state index >= 15 is 0 Å². The number of ether oxygens (including phenoxy) is 1. The Kier molecular flexibility index (Phi) is 5.34. The van der Waals surface area contributed by atoms with Crippen molar-refractivity contribution in [2.75, 3.05) is 12.0 Å². The maximum atomic E-state index is 13.4. The first-order valence-corrected chi connectivity index (χ1v) is 9.59. The molecule has 0 radical (unpaired) electrons. The van der Waals surface area contributed by atoms with Crippen molar-refractivity contribution in [3.8, 4) is 5.75 Å². The van der Waals surface area contributed by atoms with Gasteiger partial charge in [-0.25, -0.2) is 0 Å². The minimum atomic E-state index is 0.0169. The molecule has 0 spiro atoms. The van der Waals surface area contributed by atoms with E-state index in [0.717, 1.165) is 39.1 Å². The molecule has 29 heavy (non-hydrogen) atoms. The Morgan fingerprint density at radius 3 is 2.48 bits per heavy atom. The van der Waals surface area contributed by atoms with Gasteiger partial charge in [-0.15, -0.1) is 0 Å². The highest BCUT2D eigenvalue weighted by Gasteiger charge is 2.19. The van der Waals surface area contributed by atoms with Gasteiger partial charge in [-0.1, -0.05) is 42.0 Å². The molecule has 146 valence electrons. The summed E-state index contributed by atoms with van der Waals surface area (Å²) in [4.78, 5) is 15.2. The van der Waals surface area contributed by atoms with Crippen LogP contribution in [0.3, 0.4) is 0 Å². The Hall–Kier alpha value is -3.53. The number of carbonyl (C=O) groups excluding carboxylic acids is 1. The van der Waals surface area contributed by atoms with E-state index in [4.69, 9.17) is 9.15 Å². The molecule has 0 aliphatic carbocycles. The number of nitrogens with zero attached hydrogens (tertiary/aromatic N) is 1. The van der Waals surface area contributed by atoms with Gasteiger partial charge in [0.15, 0.2) is 0 Å². The molecule has 0 unspecified atom stereocenters. The van der Waals surface area contributed by atoms with Crippen LogP contribution in [0.25, 0.3) is 11.0 Å². The lowest BCUT2D eigenvalue weighted by atomic mass is 10.1. The van der Waals surface area contributed by atoms with Gasteiger partial charge < -0.3 is 14.1 Å². The Morgan fingerprint density at radius 2 is 1.76 bits per heavy atom. The van der Waals surface area contributed by atoms with Crippen molar-refractivity contribution in [1.82, 2.24) is 0 Å². The molecule has 0 aliphatic heterocycles. The van der Waals surface area contributed by atoms with Crippen LogP contribution in [-0.4, -0.2) is 13.0 Å². The zero-order chi connectivity index (χ0) is 20.2. The summed E-state index contributed by atoms with van der Waals surface area (Å²) in [5.41, 5.74) is 4.76. The first-order chi connectivity index (χ1) is 14.1. The molecule has 4 nitrogen and oxygen atoms in total. The maximum absolute atomic E-state index is 13.4. The quantitative estimate of drug-likeness (QED) is 0.438. The van der Waals surface area contributed by atoms with Crippen molar-refractivity contribution in [3.05, 3.63) is 95.7 Å². The molecule has 0 saturated carbocycles. The van der Waals surface area contributed by atoms with Gasteiger partial charge >= 0.3 is 0 Å². The van der Waals surface area contributed by atoms with Gasteiger partial charge in [0.1, 0.15) is 11.3 Å². The van der Waals surface area contributed by atoms with Gasteiger partial charge in [-0.05, 0) is 48.9 Å². The molecule has 1 aromatic heterocycles. The molecular formula is C25H23NO3. The van der Waals surface area contributed by atoms with Crippen molar-refractivity contribution in [3.63, 3.8) is 0 Å². The number of aryl methyl sites for hydroxylation is 1. The SMILES string of the molecule is COc1ccc(N(Cc2ccccc2)C(=O)Cc2coc3ccc(C)cc23)cc1. The number of rotatable bonds is 6. The number of hydrogen-bond donors (Lipinski definition) is 0. The fraction of sp³-hybridized carbons (Fsp3) is 0.160. The Balaban J connectivity index is 1.65. The van der Waals surface area contributed by atoms with Gasteiger partial charge in [-0.2, -0.15) is 0 Å². The summed E-state index contributed by atoms with van der Waals surface area (Å²) in [6.07, 6.45) is 1.96. The summed E-state index contributed by atoms with van der Waals surface area (Å²) in [6.45, 7) is 2.54. The average molecular weight is 385 g/mol. The fourth-order valence-electron chi connectivity index (χ4n) is 3.44. The topological polar surface area (TPSA) is 42.7 Å². The highest BCUT2D eigenvalue weighted by Crippen LogP contribution is 2.26. The van der Waals surface area contributed by atoms with Crippen molar-refractivity contribution in [1.29, 1.82) is 0 Å². The average Bonchev–Trinajstić information content (AvgIpc) is 3.14. The van der Waals surface area contributed by atoms with E-state index in [2.05, 4.69) is 6.07 Å². The smallest absolute Gasteiger partial charge is 0.231 e. The van der Waals surface area contributed by atoms with Gasteiger partial charge in [0, 0.05) is 16.6 Å². The lowest BCUT2D eigenvalue weighted by Crippen LogP contribution is -2.31. The normalized spacial score (nSPS) is 10.8. The second-order valence-electron chi connectivity index (χ2n) is 7.10. The zero-order valence-corrected chi connectivity index (χ0v) is 16.6. The molecular weight excluding hydrogens is 362 g/mol. The summed E-state index contributed by atoms with van der Waals surface area (Å²) in [6, 6.07) is 23.6. The second kappa shape index (κ2) is 8.23. The highest BCUT2D eigenvalue weighted by atomic mass is 16.5. The number of hydrogen-bond acceptors (Lipinski definition) is 3. The van der Waals surface area contributed by atoms with Gasteiger partial charge in [0.25, 0.3) is 0 Å². The molecule has 1 heterocycles. The predicted octanol–water partition coefficient (Wildman–Crippen LogP) is 5.53. The maximum Gasteiger partial charge on any atom is 0.231 e. The van der Waals surface area contributed by atoms with E-state index in [1.165, 1.54) is 0 Å². The van der Waals surface area contributed by atoms with Gasteiger partial charge in [-0.3, -0.25) is 4.79 Å². The van der Waals surface area contributed by atoms with E-state index in [1.54, 1.807) is 13.4 Å². The van der Waals surface area contributed by atoms with E-state index in [9.17, 15) is 4.79 Å². The summed E-state index contributed by atoms with van der Waals surface area (Å²) in [5, 5.41) is 0.993. The Bertz CT molecular complexity index is 1110. The molecule has 0 atom stereocenters. The molecule has 3 aromatic carbocycles. The first-order valence-electron chi connectivity index (χ1n) is 9.59. The molecule has 0 saturated heterocycles. The zero-order valence-electron chi connectivity index (χ0n) is 16.6. The molecule has 4 aromatic rings. The minimum Gasteiger partial charge on any atom is -0.497 e. The van der Waals surface area contributed by atoms with Crippen molar-refractivity contribution in [2.24, 2.45) is 0 Å². The number of amides is 1. The number of anilines is 1. The number of fused-ring (bicyclic) bond motifs is 1. The van der Waals surface area contributed by atoms with Crippen LogP contribution < -0.4 is 9.64 Å². The molecule has 0 bridgehead atoms. The van der Waals surface area contributed by atoms with Crippen LogP contribution in [0, 0.1) is 6.92 Å². The third-order valence-corrected chi connectivity index (χ3v) is 5.02. The number of furan rings is 1. The standard InChI is InChI=1S/C25H23NO3/c1-18-8-13-24-23(14-18)20(17-29-24)15-25(27)26(16-19-6-4-3-5-7-19)21-9-11-22(28-2)12-10-21/h3-14,17H,15-16H2,1-2H3. The van der Waals surface area contributed by atoms with Gasteiger partial charge in [0.2, 0.25) is 5.91 Å². The Morgan fingerprint density at radius 1 is 1.00 bits per heavy atom. The second-order valence-corrected chi connectivity index (χ2v) is 7.10. The van der Waals surface area contributed by atoms with E-state index in [1.807, 2.05) is 78.6 Å². The largest absolute Gasteiger partial charge is 0.497 e. The van der Waals surface area contributed by atoms with Crippen LogP contribution in [-0.2, 0) is 17.8 Å². The molecule has 0 N–H and O–H groups in total. The molecule has 4 heteroatoms. The first kappa shape index (κ1) is 18.8. The summed E-state index contributed by atoms with van der Waals surface area (Å²) < 4.78 is 10.9. The minimum absolute atomic E-state index is 0.0169. The molecule has 1 amide bonds. The summed E-state index contributed by atoms with van der Waals surface area (Å²) >= 11 is 0. The van der Waals surface area contributed by atoms with Crippen molar-refractivity contribution >= 4 is 22.6 Å². The third-order valence-electron chi connectivity index (χ3n) is 5.02. The lowest BCUT2D eigenvalue weighted by molar-refractivity contribution is -0.118. The van der Waals surface area contributed by atoms with Gasteiger partial charge in [0.05, 0.1) is 26.3 Å². The van der Waals surface area contributed by atoms with E-state index in [0.29, 0.717) is 6.54 Å². The van der Waals surface area contributed by atoms with Crippen LogP contribution in [0.15, 0.2) is 83.5 Å². The third kappa shape index (κ3) is 4.16. The van der Waals surface area contributed by atoms with Crippen LogP contribution in [0.5, 0.6) is 5.75 Å². The summed E-state index contributed by atoms with van der Waals surface area (Å²) in [7, 11) is 1.63. The van der Waals surface area contributed by atoms with Crippen molar-refractivity contribution in [2.45, 2.75) is 19.9 Å². The highest BCUT2D eigenvalue weighted by molar-refractivity contribution is 5.97. The number of carbonyl (C=O) groups is 1. The van der Waals surface area contributed by atoms with E-state index < -0.39 is 0 Å². The van der Waals surface area contributed by atoms with Crippen molar-refractivity contribution < 1.29 is 13.9 Å². The predicted molar refractivity (Wildman–Crippen MR) is 115 cm³/mol. The lowest BCUT2D eigenvalue weighted by Gasteiger charge is -2.23. The van der Waals surface area contributed by atoms with E-state index in [-0.39, 0.29) is 12.3 Å². The monoisotopic (exact) mass is 385 g/mol. The van der Waals surface area contributed by atoms with Crippen LogP contribution >= 0.6 is 0 Å². The fourth-order valence-corrected chi connectivity index (χ4v) is 3.44. The number of benzene rings is 3. The molecule has 0 aliphatic rings. The summed E-state index contributed by atoms with van der Waals surface area (Å²) in [5.74, 6) is 0.778. The van der Waals surface area contributed by atoms with Crippen LogP contribution in [0.1, 0.15) is 16.7 Å². The molecule has 0 fully saturated rings. The van der Waals surface area contributed by atoms with Crippen LogP contribution in [0.2, 0.25) is 0 Å².